The highest BCUT2D eigenvalue weighted by atomic mass is 33.1. The lowest BCUT2D eigenvalue weighted by molar-refractivity contribution is 0.658. The maximum atomic E-state index is 4.41. The van der Waals surface area contributed by atoms with Crippen molar-refractivity contribution < 1.29 is 0 Å². The van der Waals surface area contributed by atoms with E-state index in [2.05, 4.69) is 54.3 Å². The van der Waals surface area contributed by atoms with E-state index >= 15 is 0 Å². The van der Waals surface area contributed by atoms with Gasteiger partial charge in [0.1, 0.15) is 11.6 Å². The third kappa shape index (κ3) is 2.85. The molecule has 0 amide bonds. The molecule has 0 atom stereocenters. The molecule has 78 valence electrons. The molecule has 14 heavy (non-hydrogen) atoms. The number of aromatic nitrogens is 3. The first-order chi connectivity index (χ1) is 6.54. The van der Waals surface area contributed by atoms with Gasteiger partial charge in [-0.05, 0) is 10.8 Å². The minimum atomic E-state index is 0.328. The summed E-state index contributed by atoms with van der Waals surface area (Å²) in [6.07, 6.45) is 0. The van der Waals surface area contributed by atoms with E-state index in [-0.39, 0.29) is 0 Å². The van der Waals surface area contributed by atoms with E-state index in [0.29, 0.717) is 17.0 Å². The van der Waals surface area contributed by atoms with Gasteiger partial charge in [0.05, 0.1) is 0 Å². The molecule has 5 heteroatoms. The summed E-state index contributed by atoms with van der Waals surface area (Å²) in [5, 5.41) is 0.690. The largest absolute Gasteiger partial charge is 0.217 e. The number of nitrogens with zero attached hydrogens (tertiary/aromatic N) is 3. The number of thiol groups is 1. The SMILES string of the molecule is CC(C)c1nc(SS)nc(C(C)C)n1. The van der Waals surface area contributed by atoms with Crippen LogP contribution in [0, 0.1) is 0 Å². The molecule has 1 rings (SSSR count). The van der Waals surface area contributed by atoms with Gasteiger partial charge >= 0.3 is 0 Å². The molecule has 3 nitrogen and oxygen atoms in total. The molecule has 0 N–H and O–H groups in total. The van der Waals surface area contributed by atoms with E-state index in [4.69, 9.17) is 0 Å². The molecule has 1 aromatic heterocycles. The first-order valence-corrected chi connectivity index (χ1v) is 6.48. The van der Waals surface area contributed by atoms with Crippen LogP contribution in [0.3, 0.4) is 0 Å². The van der Waals surface area contributed by atoms with Crippen molar-refractivity contribution in [3.8, 4) is 0 Å². The fraction of sp³-hybridized carbons (Fsp3) is 0.667. The highest BCUT2D eigenvalue weighted by molar-refractivity contribution is 8.68. The zero-order chi connectivity index (χ0) is 10.7. The fourth-order valence-electron chi connectivity index (χ4n) is 0.946. The predicted octanol–water partition coefficient (Wildman–Crippen LogP) is 3.06. The van der Waals surface area contributed by atoms with E-state index < -0.39 is 0 Å². The van der Waals surface area contributed by atoms with Crippen LogP contribution in [-0.4, -0.2) is 15.0 Å². The monoisotopic (exact) mass is 229 g/mol. The highest BCUT2D eigenvalue weighted by Crippen LogP contribution is 2.21. The maximum absolute atomic E-state index is 4.41. The maximum Gasteiger partial charge on any atom is 0.201 e. The zero-order valence-corrected chi connectivity index (χ0v) is 10.6. The third-order valence-electron chi connectivity index (χ3n) is 1.76. The molecular weight excluding hydrogens is 214 g/mol. The van der Waals surface area contributed by atoms with Gasteiger partial charge in [0.25, 0.3) is 0 Å². The summed E-state index contributed by atoms with van der Waals surface area (Å²) < 4.78 is 0. The van der Waals surface area contributed by atoms with Crippen LogP contribution in [0.15, 0.2) is 5.16 Å². The molecule has 0 bridgehead atoms. The van der Waals surface area contributed by atoms with Gasteiger partial charge in [-0.25, -0.2) is 15.0 Å². The van der Waals surface area contributed by atoms with Gasteiger partial charge in [-0.1, -0.05) is 27.7 Å². The molecule has 0 saturated heterocycles. The van der Waals surface area contributed by atoms with Crippen molar-refractivity contribution in [2.45, 2.75) is 44.7 Å². The summed E-state index contributed by atoms with van der Waals surface area (Å²) in [5.74, 6) is 2.35. The Morgan fingerprint density at radius 3 is 1.64 bits per heavy atom. The molecule has 0 aliphatic rings. The minimum Gasteiger partial charge on any atom is -0.217 e. The Morgan fingerprint density at radius 2 is 1.36 bits per heavy atom. The first kappa shape index (κ1) is 11.8. The molecule has 1 aromatic rings. The Bertz CT molecular complexity index is 287. The van der Waals surface area contributed by atoms with Gasteiger partial charge in [-0.15, -0.1) is 11.7 Å². The van der Waals surface area contributed by atoms with Crippen LogP contribution < -0.4 is 0 Å². The smallest absolute Gasteiger partial charge is 0.201 e. The summed E-state index contributed by atoms with van der Waals surface area (Å²) in [5.41, 5.74) is 0. The lowest BCUT2D eigenvalue weighted by atomic mass is 10.2. The van der Waals surface area contributed by atoms with Crippen molar-refractivity contribution in [1.29, 1.82) is 0 Å². The van der Waals surface area contributed by atoms with Gasteiger partial charge in [-0.2, -0.15) is 0 Å². The second-order valence-electron chi connectivity index (χ2n) is 3.74. The minimum absolute atomic E-state index is 0.328. The van der Waals surface area contributed by atoms with Gasteiger partial charge in [0, 0.05) is 11.8 Å². The highest BCUT2D eigenvalue weighted by Gasteiger charge is 2.11. The van der Waals surface area contributed by atoms with E-state index in [1.54, 1.807) is 0 Å². The van der Waals surface area contributed by atoms with E-state index in [1.807, 2.05) is 0 Å². The average molecular weight is 229 g/mol. The number of hydrogen-bond donors (Lipinski definition) is 1. The van der Waals surface area contributed by atoms with E-state index in [0.717, 1.165) is 11.6 Å². The van der Waals surface area contributed by atoms with Crippen molar-refractivity contribution in [2.75, 3.05) is 0 Å². The fourth-order valence-corrected chi connectivity index (χ4v) is 1.46. The molecule has 0 aliphatic carbocycles. The predicted molar refractivity (Wildman–Crippen MR) is 62.8 cm³/mol. The molecule has 0 radical (unpaired) electrons. The van der Waals surface area contributed by atoms with Crippen LogP contribution in [0.2, 0.25) is 0 Å². The third-order valence-corrected chi connectivity index (χ3v) is 2.60. The molecular formula is C9H15N3S2. The van der Waals surface area contributed by atoms with Gasteiger partial charge < -0.3 is 0 Å². The normalized spacial score (nSPS) is 11.4. The molecule has 0 saturated carbocycles. The van der Waals surface area contributed by atoms with Gasteiger partial charge in [0.15, 0.2) is 0 Å². The first-order valence-electron chi connectivity index (χ1n) is 4.62. The van der Waals surface area contributed by atoms with Crippen LogP contribution in [0.4, 0.5) is 0 Å². The molecule has 0 unspecified atom stereocenters. The number of hydrogen-bond acceptors (Lipinski definition) is 5. The summed E-state index contributed by atoms with van der Waals surface area (Å²) >= 11 is 4.11. The van der Waals surface area contributed by atoms with Crippen molar-refractivity contribution >= 4 is 22.5 Å². The lowest BCUT2D eigenvalue weighted by Gasteiger charge is -2.09. The van der Waals surface area contributed by atoms with Gasteiger partial charge in [0.2, 0.25) is 5.16 Å². The van der Waals surface area contributed by atoms with E-state index in [1.165, 1.54) is 10.8 Å². The topological polar surface area (TPSA) is 38.7 Å². The Morgan fingerprint density at radius 1 is 0.929 bits per heavy atom. The average Bonchev–Trinajstić information content (AvgIpc) is 2.16. The van der Waals surface area contributed by atoms with Crippen LogP contribution in [0.5, 0.6) is 0 Å². The van der Waals surface area contributed by atoms with Crippen LogP contribution >= 0.6 is 22.5 Å². The van der Waals surface area contributed by atoms with Crippen molar-refractivity contribution in [3.63, 3.8) is 0 Å². The Hall–Kier alpha value is -0.290. The summed E-state index contributed by atoms with van der Waals surface area (Å²) in [4.78, 5) is 13.0. The lowest BCUT2D eigenvalue weighted by Crippen LogP contribution is -2.07. The summed E-state index contributed by atoms with van der Waals surface area (Å²) in [6, 6.07) is 0. The quantitative estimate of drug-likeness (QED) is 0.638. The van der Waals surface area contributed by atoms with Gasteiger partial charge in [-0.3, -0.25) is 0 Å². The Kier molecular flexibility index (Phi) is 4.19. The van der Waals surface area contributed by atoms with Crippen molar-refractivity contribution in [3.05, 3.63) is 11.6 Å². The van der Waals surface area contributed by atoms with Crippen molar-refractivity contribution in [1.82, 2.24) is 15.0 Å². The molecule has 0 fully saturated rings. The molecule has 0 aliphatic heterocycles. The molecule has 0 spiro atoms. The van der Waals surface area contributed by atoms with Crippen LogP contribution in [0.25, 0.3) is 0 Å². The standard InChI is InChI=1S/C9H15N3S2/c1-5(2)7-10-8(6(3)4)12-9(11-7)14-13/h5-6,13H,1-4H3. The zero-order valence-electron chi connectivity index (χ0n) is 8.85. The molecule has 1 heterocycles. The Labute approximate surface area is 94.0 Å². The van der Waals surface area contributed by atoms with E-state index in [9.17, 15) is 0 Å². The second-order valence-corrected chi connectivity index (χ2v) is 4.83. The Balaban J connectivity index is 3.13. The van der Waals surface area contributed by atoms with Crippen LogP contribution in [-0.2, 0) is 0 Å². The summed E-state index contributed by atoms with van der Waals surface area (Å²) in [7, 11) is 1.26. The second kappa shape index (κ2) is 4.98. The van der Waals surface area contributed by atoms with Crippen LogP contribution in [0.1, 0.15) is 51.2 Å². The number of rotatable bonds is 3. The summed E-state index contributed by atoms with van der Waals surface area (Å²) in [6.45, 7) is 8.30. The molecule has 0 aromatic carbocycles. The van der Waals surface area contributed by atoms with Crippen molar-refractivity contribution in [2.24, 2.45) is 0 Å².